The molecule has 0 fully saturated rings. The monoisotopic (exact) mass is 283 g/mol. The minimum atomic E-state index is -0.265. The van der Waals surface area contributed by atoms with Crippen LogP contribution in [-0.2, 0) is 4.79 Å². The van der Waals surface area contributed by atoms with Crippen LogP contribution in [0.5, 0.6) is 0 Å². The zero-order valence-electron chi connectivity index (χ0n) is 12.7. The molecule has 0 aliphatic rings. The van der Waals surface area contributed by atoms with Gasteiger partial charge in [-0.3, -0.25) is 15.1 Å². The first kappa shape index (κ1) is 15.2. The van der Waals surface area contributed by atoms with E-state index in [0.717, 1.165) is 11.1 Å². The highest BCUT2D eigenvalue weighted by Gasteiger charge is 2.21. The van der Waals surface area contributed by atoms with Crippen molar-refractivity contribution in [3.05, 3.63) is 66.0 Å². The Labute approximate surface area is 125 Å². The van der Waals surface area contributed by atoms with Gasteiger partial charge in [0.1, 0.15) is 0 Å². The van der Waals surface area contributed by atoms with E-state index in [1.807, 2.05) is 37.3 Å². The summed E-state index contributed by atoms with van der Waals surface area (Å²) >= 11 is 0. The molecule has 21 heavy (non-hydrogen) atoms. The van der Waals surface area contributed by atoms with E-state index in [-0.39, 0.29) is 18.0 Å². The molecule has 0 bridgehead atoms. The van der Waals surface area contributed by atoms with Crippen LogP contribution in [0.3, 0.4) is 0 Å². The van der Waals surface area contributed by atoms with Gasteiger partial charge < -0.3 is 4.90 Å². The Morgan fingerprint density at radius 2 is 1.62 bits per heavy atom. The first-order valence-corrected chi connectivity index (χ1v) is 7.01. The van der Waals surface area contributed by atoms with Crippen molar-refractivity contribution in [1.29, 1.82) is 0 Å². The largest absolute Gasteiger partial charge is 0.347 e. The Balaban J connectivity index is 2.28. The van der Waals surface area contributed by atoms with Crippen molar-refractivity contribution < 1.29 is 4.79 Å². The summed E-state index contributed by atoms with van der Waals surface area (Å²) in [6.45, 7) is 1.89. The highest BCUT2D eigenvalue weighted by atomic mass is 16.2. The third kappa shape index (κ3) is 3.89. The minimum absolute atomic E-state index is 0.0342. The minimum Gasteiger partial charge on any atom is -0.347 e. The Morgan fingerprint density at radius 3 is 2.19 bits per heavy atom. The summed E-state index contributed by atoms with van der Waals surface area (Å²) in [6, 6.07) is 13.8. The summed E-state index contributed by atoms with van der Waals surface area (Å²) in [4.78, 5) is 17.8. The zero-order chi connectivity index (χ0) is 15.2. The Bertz CT molecular complexity index is 530. The second-order valence-electron chi connectivity index (χ2n) is 5.25. The van der Waals surface area contributed by atoms with Gasteiger partial charge in [-0.15, -0.1) is 0 Å². The maximum Gasteiger partial charge on any atom is 0.238 e. The number of likely N-dealkylation sites (N-methyl/N-ethyl adjacent to an activating group) is 1. The number of carbonyl (C=O) groups excluding carboxylic acids is 1. The lowest BCUT2D eigenvalue weighted by molar-refractivity contribution is -0.130. The van der Waals surface area contributed by atoms with Gasteiger partial charge in [0.15, 0.2) is 0 Å². The van der Waals surface area contributed by atoms with Crippen LogP contribution in [0.15, 0.2) is 54.9 Å². The highest BCUT2D eigenvalue weighted by molar-refractivity contribution is 5.81. The topological polar surface area (TPSA) is 45.2 Å². The molecule has 0 aliphatic carbocycles. The van der Waals surface area contributed by atoms with Gasteiger partial charge in [0.25, 0.3) is 0 Å². The first-order valence-electron chi connectivity index (χ1n) is 7.01. The Kier molecular flexibility index (Phi) is 5.06. The lowest BCUT2D eigenvalue weighted by Gasteiger charge is -2.25. The van der Waals surface area contributed by atoms with E-state index >= 15 is 0 Å². The van der Waals surface area contributed by atoms with E-state index in [2.05, 4.69) is 22.4 Å². The molecule has 0 spiro atoms. The number of nitrogens with zero attached hydrogens (tertiary/aromatic N) is 2. The van der Waals surface area contributed by atoms with Crippen LogP contribution in [-0.4, -0.2) is 35.9 Å². The van der Waals surface area contributed by atoms with E-state index < -0.39 is 0 Å². The number of hydrogen-bond donors (Lipinski definition) is 1. The second kappa shape index (κ2) is 6.99. The van der Waals surface area contributed by atoms with Crippen LogP contribution >= 0.6 is 0 Å². The molecule has 1 aromatic heterocycles. The number of aromatic nitrogens is 1. The SMILES string of the molecule is CC(NC(c1ccccc1)c1ccncc1)C(=O)N(C)C. The maximum atomic E-state index is 12.1. The Morgan fingerprint density at radius 1 is 1.05 bits per heavy atom. The van der Waals surface area contributed by atoms with Gasteiger partial charge in [0, 0.05) is 26.5 Å². The molecule has 0 radical (unpaired) electrons. The third-order valence-electron chi connectivity index (χ3n) is 3.40. The van der Waals surface area contributed by atoms with Gasteiger partial charge in [-0.1, -0.05) is 30.3 Å². The molecule has 110 valence electrons. The second-order valence-corrected chi connectivity index (χ2v) is 5.25. The molecule has 1 aromatic carbocycles. The number of pyridine rings is 1. The number of benzene rings is 1. The van der Waals surface area contributed by atoms with E-state index in [1.54, 1.807) is 31.4 Å². The van der Waals surface area contributed by atoms with Crippen molar-refractivity contribution in [1.82, 2.24) is 15.2 Å². The average Bonchev–Trinajstić information content (AvgIpc) is 2.53. The number of rotatable bonds is 5. The molecule has 0 saturated carbocycles. The highest BCUT2D eigenvalue weighted by Crippen LogP contribution is 2.22. The molecule has 2 aromatic rings. The van der Waals surface area contributed by atoms with Gasteiger partial charge in [-0.2, -0.15) is 0 Å². The molecular weight excluding hydrogens is 262 g/mol. The third-order valence-corrected chi connectivity index (χ3v) is 3.40. The van der Waals surface area contributed by atoms with Crippen LogP contribution in [0.4, 0.5) is 0 Å². The first-order chi connectivity index (χ1) is 10.1. The molecule has 0 saturated heterocycles. The van der Waals surface area contributed by atoms with Crippen molar-refractivity contribution in [2.24, 2.45) is 0 Å². The summed E-state index contributed by atoms with van der Waals surface area (Å²) in [5.74, 6) is 0.0602. The summed E-state index contributed by atoms with van der Waals surface area (Å²) in [5, 5.41) is 3.41. The molecule has 2 unspecified atom stereocenters. The molecule has 0 aliphatic heterocycles. The lowest BCUT2D eigenvalue weighted by atomic mass is 9.98. The predicted octanol–water partition coefficient (Wildman–Crippen LogP) is 2.24. The van der Waals surface area contributed by atoms with Gasteiger partial charge in [-0.05, 0) is 30.2 Å². The van der Waals surface area contributed by atoms with Crippen molar-refractivity contribution >= 4 is 5.91 Å². The van der Waals surface area contributed by atoms with Crippen molar-refractivity contribution in [3.63, 3.8) is 0 Å². The van der Waals surface area contributed by atoms with Crippen molar-refractivity contribution in [2.75, 3.05) is 14.1 Å². The molecule has 1 heterocycles. The quantitative estimate of drug-likeness (QED) is 0.915. The van der Waals surface area contributed by atoms with Crippen LogP contribution in [0, 0.1) is 0 Å². The normalized spacial score (nSPS) is 13.5. The summed E-state index contributed by atoms with van der Waals surface area (Å²) in [7, 11) is 3.54. The van der Waals surface area contributed by atoms with Crippen molar-refractivity contribution in [2.45, 2.75) is 19.0 Å². The van der Waals surface area contributed by atoms with Gasteiger partial charge >= 0.3 is 0 Å². The molecule has 2 rings (SSSR count). The number of carbonyl (C=O) groups is 1. The molecule has 4 nitrogen and oxygen atoms in total. The Hall–Kier alpha value is -2.20. The molecule has 1 N–H and O–H groups in total. The van der Waals surface area contributed by atoms with E-state index in [4.69, 9.17) is 0 Å². The fraction of sp³-hybridized carbons (Fsp3) is 0.294. The van der Waals surface area contributed by atoms with Crippen LogP contribution in [0.25, 0.3) is 0 Å². The predicted molar refractivity (Wildman–Crippen MR) is 83.8 cm³/mol. The number of hydrogen-bond acceptors (Lipinski definition) is 3. The average molecular weight is 283 g/mol. The lowest BCUT2D eigenvalue weighted by Crippen LogP contribution is -2.43. The van der Waals surface area contributed by atoms with E-state index in [9.17, 15) is 4.79 Å². The molecule has 1 amide bonds. The van der Waals surface area contributed by atoms with Gasteiger partial charge in [0.05, 0.1) is 12.1 Å². The van der Waals surface area contributed by atoms with Crippen LogP contribution in [0.2, 0.25) is 0 Å². The molecule has 2 atom stereocenters. The van der Waals surface area contributed by atoms with E-state index in [1.165, 1.54) is 0 Å². The zero-order valence-corrected chi connectivity index (χ0v) is 12.7. The number of amides is 1. The summed E-state index contributed by atoms with van der Waals surface area (Å²) in [5.41, 5.74) is 2.22. The van der Waals surface area contributed by atoms with Crippen LogP contribution < -0.4 is 5.32 Å². The van der Waals surface area contributed by atoms with E-state index in [0.29, 0.717) is 0 Å². The maximum absolute atomic E-state index is 12.1. The standard InChI is InChI=1S/C17H21N3O/c1-13(17(21)20(2)3)19-16(14-7-5-4-6-8-14)15-9-11-18-12-10-15/h4-13,16,19H,1-3H3. The fourth-order valence-electron chi connectivity index (χ4n) is 2.29. The van der Waals surface area contributed by atoms with Crippen molar-refractivity contribution in [3.8, 4) is 0 Å². The fourth-order valence-corrected chi connectivity index (χ4v) is 2.29. The number of nitrogens with one attached hydrogen (secondary N) is 1. The summed E-state index contributed by atoms with van der Waals surface area (Å²) < 4.78 is 0. The molecular formula is C17H21N3O. The summed E-state index contributed by atoms with van der Waals surface area (Å²) in [6.07, 6.45) is 3.54. The van der Waals surface area contributed by atoms with Gasteiger partial charge in [-0.25, -0.2) is 0 Å². The van der Waals surface area contributed by atoms with Gasteiger partial charge in [0.2, 0.25) is 5.91 Å². The smallest absolute Gasteiger partial charge is 0.238 e. The molecule has 4 heteroatoms. The van der Waals surface area contributed by atoms with Crippen LogP contribution in [0.1, 0.15) is 24.1 Å².